The lowest BCUT2D eigenvalue weighted by atomic mass is 10.2. The number of nitrogens with two attached hydrogens (primary N) is 1. The van der Waals surface area contributed by atoms with E-state index in [0.29, 0.717) is 6.42 Å². The summed E-state index contributed by atoms with van der Waals surface area (Å²) in [5.74, 6) is 0.737. The monoisotopic (exact) mass is 190 g/mol. The van der Waals surface area contributed by atoms with Crippen molar-refractivity contribution >= 4 is 11.1 Å². The lowest BCUT2D eigenvalue weighted by Crippen LogP contribution is -2.21. The number of rotatable bonds is 3. The molecule has 0 aliphatic heterocycles. The summed E-state index contributed by atoms with van der Waals surface area (Å²) in [4.78, 5) is 4.35. The Labute approximate surface area is 82.9 Å². The van der Waals surface area contributed by atoms with Gasteiger partial charge in [-0.05, 0) is 18.6 Å². The van der Waals surface area contributed by atoms with Crippen LogP contribution in [0.2, 0.25) is 0 Å². The zero-order valence-electron chi connectivity index (χ0n) is 8.23. The molecule has 2 rings (SSSR count). The Morgan fingerprint density at radius 1 is 1.43 bits per heavy atom. The van der Waals surface area contributed by atoms with Crippen LogP contribution < -0.4 is 5.73 Å². The number of hydrogen-bond donors (Lipinski definition) is 1. The topological polar surface area (TPSA) is 52.0 Å². The van der Waals surface area contributed by atoms with Gasteiger partial charge in [-0.2, -0.15) is 0 Å². The highest BCUT2D eigenvalue weighted by atomic mass is 16.3. The van der Waals surface area contributed by atoms with E-state index in [4.69, 9.17) is 10.2 Å². The van der Waals surface area contributed by atoms with E-state index in [1.807, 2.05) is 24.3 Å². The number of benzene rings is 1. The molecule has 1 aromatic carbocycles. The molecule has 0 aliphatic rings. The van der Waals surface area contributed by atoms with Crippen molar-refractivity contribution in [3.8, 4) is 0 Å². The molecule has 3 nitrogen and oxygen atoms in total. The number of oxazole rings is 1. The normalized spacial score (nSPS) is 13.3. The van der Waals surface area contributed by atoms with Gasteiger partial charge in [0.2, 0.25) is 0 Å². The number of fused-ring (bicyclic) bond motifs is 1. The van der Waals surface area contributed by atoms with Crippen LogP contribution in [0.25, 0.3) is 11.1 Å². The third-order valence-electron chi connectivity index (χ3n) is 2.30. The molecule has 1 unspecified atom stereocenters. The van der Waals surface area contributed by atoms with Gasteiger partial charge in [0.15, 0.2) is 11.5 Å². The van der Waals surface area contributed by atoms with E-state index < -0.39 is 0 Å². The highest BCUT2D eigenvalue weighted by Crippen LogP contribution is 2.15. The van der Waals surface area contributed by atoms with Gasteiger partial charge in [-0.25, -0.2) is 4.98 Å². The highest BCUT2D eigenvalue weighted by Gasteiger charge is 2.08. The lowest BCUT2D eigenvalue weighted by Gasteiger charge is -2.03. The van der Waals surface area contributed by atoms with Crippen LogP contribution in [0, 0.1) is 0 Å². The Morgan fingerprint density at radius 3 is 2.93 bits per heavy atom. The Kier molecular flexibility index (Phi) is 2.50. The summed E-state index contributed by atoms with van der Waals surface area (Å²) < 4.78 is 5.55. The lowest BCUT2D eigenvalue weighted by molar-refractivity contribution is 0.491. The summed E-state index contributed by atoms with van der Waals surface area (Å²) in [5.41, 5.74) is 7.57. The third-order valence-corrected chi connectivity index (χ3v) is 2.30. The summed E-state index contributed by atoms with van der Waals surface area (Å²) in [6, 6.07) is 7.90. The maximum Gasteiger partial charge on any atom is 0.197 e. The maximum absolute atomic E-state index is 5.83. The molecule has 0 spiro atoms. The van der Waals surface area contributed by atoms with E-state index in [0.717, 1.165) is 23.4 Å². The van der Waals surface area contributed by atoms with Crippen molar-refractivity contribution in [3.05, 3.63) is 30.2 Å². The first kappa shape index (κ1) is 9.21. The fourth-order valence-corrected chi connectivity index (χ4v) is 1.38. The minimum absolute atomic E-state index is 0.142. The second-order valence-corrected chi connectivity index (χ2v) is 3.45. The first-order chi connectivity index (χ1) is 6.79. The van der Waals surface area contributed by atoms with Crippen molar-refractivity contribution in [2.24, 2.45) is 5.73 Å². The summed E-state index contributed by atoms with van der Waals surface area (Å²) in [5, 5.41) is 0. The van der Waals surface area contributed by atoms with E-state index in [1.165, 1.54) is 0 Å². The van der Waals surface area contributed by atoms with Gasteiger partial charge in [0.1, 0.15) is 5.52 Å². The quantitative estimate of drug-likeness (QED) is 0.806. The van der Waals surface area contributed by atoms with Gasteiger partial charge in [-0.15, -0.1) is 0 Å². The van der Waals surface area contributed by atoms with Gasteiger partial charge in [0, 0.05) is 12.5 Å². The van der Waals surface area contributed by atoms with E-state index >= 15 is 0 Å². The molecule has 3 heteroatoms. The molecule has 1 heterocycles. The van der Waals surface area contributed by atoms with E-state index in [2.05, 4.69) is 11.9 Å². The SMILES string of the molecule is CCC(N)Cc1nc2ccccc2o1. The fourth-order valence-electron chi connectivity index (χ4n) is 1.38. The molecule has 0 saturated carbocycles. The molecule has 0 aliphatic carbocycles. The smallest absolute Gasteiger partial charge is 0.197 e. The van der Waals surface area contributed by atoms with Gasteiger partial charge >= 0.3 is 0 Å². The minimum atomic E-state index is 0.142. The first-order valence-electron chi connectivity index (χ1n) is 4.89. The van der Waals surface area contributed by atoms with E-state index in [1.54, 1.807) is 0 Å². The van der Waals surface area contributed by atoms with Gasteiger partial charge in [-0.3, -0.25) is 0 Å². The number of aromatic nitrogens is 1. The highest BCUT2D eigenvalue weighted by molar-refractivity contribution is 5.72. The molecule has 0 fully saturated rings. The first-order valence-corrected chi connectivity index (χ1v) is 4.89. The molecule has 0 radical (unpaired) electrons. The van der Waals surface area contributed by atoms with Crippen molar-refractivity contribution in [1.29, 1.82) is 0 Å². The van der Waals surface area contributed by atoms with Crippen LogP contribution in [0.1, 0.15) is 19.2 Å². The third kappa shape index (κ3) is 1.77. The van der Waals surface area contributed by atoms with E-state index in [9.17, 15) is 0 Å². The van der Waals surface area contributed by atoms with Gasteiger partial charge in [0.25, 0.3) is 0 Å². The summed E-state index contributed by atoms with van der Waals surface area (Å²) >= 11 is 0. The fraction of sp³-hybridized carbons (Fsp3) is 0.364. The Balaban J connectivity index is 2.27. The van der Waals surface area contributed by atoms with Crippen molar-refractivity contribution < 1.29 is 4.42 Å². The maximum atomic E-state index is 5.83. The molecule has 1 aromatic heterocycles. The second kappa shape index (κ2) is 3.80. The van der Waals surface area contributed by atoms with Crippen LogP contribution in [0.4, 0.5) is 0 Å². The predicted molar refractivity (Wildman–Crippen MR) is 56.0 cm³/mol. The molecule has 2 aromatic rings. The number of para-hydroxylation sites is 2. The van der Waals surface area contributed by atoms with Crippen LogP contribution in [-0.2, 0) is 6.42 Å². The molecule has 14 heavy (non-hydrogen) atoms. The van der Waals surface area contributed by atoms with Crippen LogP contribution in [0.3, 0.4) is 0 Å². The summed E-state index contributed by atoms with van der Waals surface area (Å²) in [6.07, 6.45) is 1.66. The Bertz CT molecular complexity index is 389. The number of hydrogen-bond acceptors (Lipinski definition) is 3. The zero-order valence-corrected chi connectivity index (χ0v) is 8.23. The molecular formula is C11H14N2O. The van der Waals surface area contributed by atoms with Gasteiger partial charge in [0.05, 0.1) is 0 Å². The zero-order chi connectivity index (χ0) is 9.97. The molecule has 74 valence electrons. The van der Waals surface area contributed by atoms with Crippen molar-refractivity contribution in [3.63, 3.8) is 0 Å². The molecule has 0 amide bonds. The standard InChI is InChI=1S/C11H14N2O/c1-2-8(12)7-11-13-9-5-3-4-6-10(9)14-11/h3-6,8H,2,7,12H2,1H3. The molecule has 0 bridgehead atoms. The average Bonchev–Trinajstić information content (AvgIpc) is 2.59. The number of nitrogens with zero attached hydrogens (tertiary/aromatic N) is 1. The van der Waals surface area contributed by atoms with Gasteiger partial charge < -0.3 is 10.2 Å². The molecule has 0 saturated heterocycles. The summed E-state index contributed by atoms with van der Waals surface area (Å²) in [6.45, 7) is 2.06. The molecule has 1 atom stereocenters. The van der Waals surface area contributed by atoms with Crippen molar-refractivity contribution in [1.82, 2.24) is 4.98 Å². The predicted octanol–water partition coefficient (Wildman–Crippen LogP) is 2.11. The molecular weight excluding hydrogens is 176 g/mol. The summed E-state index contributed by atoms with van der Waals surface area (Å²) in [7, 11) is 0. The Morgan fingerprint density at radius 2 is 2.21 bits per heavy atom. The van der Waals surface area contributed by atoms with E-state index in [-0.39, 0.29) is 6.04 Å². The van der Waals surface area contributed by atoms with Gasteiger partial charge in [-0.1, -0.05) is 19.1 Å². The van der Waals surface area contributed by atoms with Crippen LogP contribution in [0.5, 0.6) is 0 Å². The molecule has 2 N–H and O–H groups in total. The van der Waals surface area contributed by atoms with Crippen molar-refractivity contribution in [2.45, 2.75) is 25.8 Å². The Hall–Kier alpha value is -1.35. The largest absolute Gasteiger partial charge is 0.441 e. The average molecular weight is 190 g/mol. The van der Waals surface area contributed by atoms with Crippen LogP contribution >= 0.6 is 0 Å². The second-order valence-electron chi connectivity index (χ2n) is 3.45. The van der Waals surface area contributed by atoms with Crippen LogP contribution in [-0.4, -0.2) is 11.0 Å². The van der Waals surface area contributed by atoms with Crippen LogP contribution in [0.15, 0.2) is 28.7 Å². The van der Waals surface area contributed by atoms with Crippen molar-refractivity contribution in [2.75, 3.05) is 0 Å². The minimum Gasteiger partial charge on any atom is -0.441 e.